The van der Waals surface area contributed by atoms with E-state index < -0.39 is 40.3 Å². The number of rotatable bonds is 1. The fraction of sp³-hybridized carbons (Fsp3) is 0.200. The van der Waals surface area contributed by atoms with Crippen molar-refractivity contribution in [2.24, 2.45) is 11.8 Å². The van der Waals surface area contributed by atoms with Crippen molar-refractivity contribution < 1.29 is 22.8 Å². The number of benzene rings is 3. The smallest absolute Gasteiger partial charge is 0.274 e. The molecule has 0 N–H and O–H groups in total. The topological polar surface area (TPSA) is 37.4 Å². The Morgan fingerprint density at radius 1 is 0.812 bits per heavy atom. The number of alkyl halides is 4. The van der Waals surface area contributed by atoms with Gasteiger partial charge in [0.05, 0.1) is 23.1 Å². The normalized spacial score (nSPS) is 27.9. The van der Waals surface area contributed by atoms with Gasteiger partial charge in [0.25, 0.3) is 0 Å². The van der Waals surface area contributed by atoms with Gasteiger partial charge < -0.3 is 0 Å². The van der Waals surface area contributed by atoms with Gasteiger partial charge in [-0.25, -0.2) is 4.90 Å². The number of nitrogens with zero attached hydrogens (tertiary/aromatic N) is 1. The fourth-order valence-corrected chi connectivity index (χ4v) is 6.33. The maximum atomic E-state index is 13.7. The van der Waals surface area contributed by atoms with E-state index in [1.165, 1.54) is 12.1 Å². The summed E-state index contributed by atoms with van der Waals surface area (Å²) in [4.78, 5) is 26.9. The summed E-state index contributed by atoms with van der Waals surface area (Å²) in [6, 6.07) is 19.3. The second-order valence-corrected chi connectivity index (χ2v) is 9.02. The summed E-state index contributed by atoms with van der Waals surface area (Å²) in [5, 5.41) is 0. The zero-order valence-electron chi connectivity index (χ0n) is 16.4. The Hall–Kier alpha value is -3.12. The van der Waals surface area contributed by atoms with E-state index in [1.807, 2.05) is 48.5 Å². The van der Waals surface area contributed by atoms with Gasteiger partial charge in [-0.3, -0.25) is 9.59 Å². The van der Waals surface area contributed by atoms with Crippen molar-refractivity contribution >= 4 is 29.1 Å². The lowest BCUT2D eigenvalue weighted by atomic mass is 9.54. The number of carbonyl (C=O) groups is 2. The van der Waals surface area contributed by atoms with Crippen LogP contribution in [-0.2, 0) is 20.6 Å². The van der Waals surface area contributed by atoms with Gasteiger partial charge in [0.1, 0.15) is 4.87 Å². The lowest BCUT2D eigenvalue weighted by molar-refractivity contribution is -0.137. The van der Waals surface area contributed by atoms with Gasteiger partial charge in [0, 0.05) is 5.92 Å². The molecule has 32 heavy (non-hydrogen) atoms. The molecule has 1 aliphatic heterocycles. The van der Waals surface area contributed by atoms with Crippen molar-refractivity contribution in [3.8, 4) is 0 Å². The molecule has 3 aromatic rings. The van der Waals surface area contributed by atoms with Crippen molar-refractivity contribution in [2.45, 2.75) is 17.0 Å². The number of hydrogen-bond acceptors (Lipinski definition) is 2. The molecule has 2 atom stereocenters. The molecule has 3 aromatic carbocycles. The first-order chi connectivity index (χ1) is 15.2. The minimum atomic E-state index is -4.59. The quantitative estimate of drug-likeness (QED) is 0.363. The SMILES string of the molecule is O=C1[C@@H]2C3c4ccccc4C(Cl)(c4ccccc43)[C@@H]2C(=O)N1c1cccc(C(F)(F)F)c1. The largest absolute Gasteiger partial charge is 0.416 e. The van der Waals surface area contributed by atoms with Crippen molar-refractivity contribution in [3.63, 3.8) is 0 Å². The molecular weight excluding hydrogens is 439 g/mol. The molecule has 3 aliphatic carbocycles. The Bertz CT molecular complexity index is 1270. The van der Waals surface area contributed by atoms with Crippen LogP contribution < -0.4 is 4.90 Å². The number of amides is 2. The van der Waals surface area contributed by atoms with Crippen LogP contribution in [0.1, 0.15) is 33.7 Å². The van der Waals surface area contributed by atoms with Gasteiger partial charge in [-0.2, -0.15) is 13.2 Å². The van der Waals surface area contributed by atoms with Gasteiger partial charge in [0.15, 0.2) is 0 Å². The molecule has 7 heteroatoms. The zero-order valence-corrected chi connectivity index (χ0v) is 17.2. The van der Waals surface area contributed by atoms with Gasteiger partial charge in [0.2, 0.25) is 11.8 Å². The third kappa shape index (κ3) is 2.28. The summed E-state index contributed by atoms with van der Waals surface area (Å²) in [6.07, 6.45) is -4.59. The van der Waals surface area contributed by atoms with Crippen LogP contribution in [-0.4, -0.2) is 11.8 Å². The van der Waals surface area contributed by atoms with E-state index in [0.717, 1.165) is 39.3 Å². The number of imide groups is 1. The Labute approximate surface area is 186 Å². The molecule has 0 radical (unpaired) electrons. The summed E-state index contributed by atoms with van der Waals surface area (Å²) >= 11 is 7.30. The maximum absolute atomic E-state index is 13.7. The van der Waals surface area contributed by atoms with Gasteiger partial charge >= 0.3 is 6.18 Å². The van der Waals surface area contributed by atoms with Crippen LogP contribution >= 0.6 is 11.6 Å². The fourth-order valence-electron chi connectivity index (χ4n) is 5.75. The first-order valence-electron chi connectivity index (χ1n) is 10.2. The lowest BCUT2D eigenvalue weighted by Crippen LogP contribution is -2.50. The first-order valence-corrected chi connectivity index (χ1v) is 10.5. The van der Waals surface area contributed by atoms with Crippen LogP contribution in [0.2, 0.25) is 0 Å². The molecule has 0 aromatic heterocycles. The van der Waals surface area contributed by atoms with E-state index in [0.29, 0.717) is 0 Å². The van der Waals surface area contributed by atoms with E-state index in [9.17, 15) is 22.8 Å². The molecular formula is C25H15ClF3NO2. The summed E-state index contributed by atoms with van der Waals surface area (Å²) in [7, 11) is 0. The summed E-state index contributed by atoms with van der Waals surface area (Å²) in [6.45, 7) is 0. The molecule has 4 aliphatic rings. The second-order valence-electron chi connectivity index (χ2n) is 8.43. The van der Waals surface area contributed by atoms with Crippen molar-refractivity contribution in [1.82, 2.24) is 0 Å². The molecule has 7 rings (SSSR count). The highest BCUT2D eigenvalue weighted by molar-refractivity contribution is 6.33. The van der Waals surface area contributed by atoms with Gasteiger partial charge in [-0.05, 0) is 40.5 Å². The predicted octanol–water partition coefficient (Wildman–Crippen LogP) is 5.45. The molecule has 2 bridgehead atoms. The van der Waals surface area contributed by atoms with E-state index in [4.69, 9.17) is 11.6 Å². The number of anilines is 1. The van der Waals surface area contributed by atoms with E-state index >= 15 is 0 Å². The van der Waals surface area contributed by atoms with Crippen LogP contribution in [0.25, 0.3) is 0 Å². The molecule has 0 unspecified atom stereocenters. The lowest BCUT2D eigenvalue weighted by Gasteiger charge is -2.50. The van der Waals surface area contributed by atoms with Crippen molar-refractivity contribution in [2.75, 3.05) is 4.90 Å². The molecule has 0 spiro atoms. The highest BCUT2D eigenvalue weighted by Gasteiger charge is 2.68. The Morgan fingerprint density at radius 3 is 2.00 bits per heavy atom. The van der Waals surface area contributed by atoms with Gasteiger partial charge in [-0.1, -0.05) is 54.6 Å². The van der Waals surface area contributed by atoms with Crippen LogP contribution in [0.4, 0.5) is 18.9 Å². The molecule has 2 amide bonds. The van der Waals surface area contributed by atoms with Crippen LogP contribution in [0.15, 0.2) is 72.8 Å². The third-order valence-electron chi connectivity index (χ3n) is 6.95. The van der Waals surface area contributed by atoms with Crippen LogP contribution in [0.5, 0.6) is 0 Å². The van der Waals surface area contributed by atoms with Crippen molar-refractivity contribution in [3.05, 3.63) is 101 Å². The average molecular weight is 454 g/mol. The highest BCUT2D eigenvalue weighted by atomic mass is 35.5. The molecule has 1 heterocycles. The van der Waals surface area contributed by atoms with Gasteiger partial charge in [-0.15, -0.1) is 11.6 Å². The molecule has 3 nitrogen and oxygen atoms in total. The van der Waals surface area contributed by atoms with Crippen LogP contribution in [0.3, 0.4) is 0 Å². The second kappa shape index (κ2) is 6.23. The Kier molecular flexibility index (Phi) is 3.81. The first kappa shape index (κ1) is 19.6. The number of halogens is 4. The summed E-state index contributed by atoms with van der Waals surface area (Å²) in [5.74, 6) is -3.15. The maximum Gasteiger partial charge on any atom is 0.416 e. The molecule has 1 saturated heterocycles. The Morgan fingerprint density at radius 2 is 1.41 bits per heavy atom. The summed E-state index contributed by atoms with van der Waals surface area (Å²) in [5.41, 5.74) is 2.32. The predicted molar refractivity (Wildman–Crippen MR) is 112 cm³/mol. The highest BCUT2D eigenvalue weighted by Crippen LogP contribution is 2.65. The molecule has 160 valence electrons. The van der Waals surface area contributed by atoms with E-state index in [1.54, 1.807) is 0 Å². The number of hydrogen-bond donors (Lipinski definition) is 0. The summed E-state index contributed by atoms with van der Waals surface area (Å²) < 4.78 is 39.9. The van der Waals surface area contributed by atoms with Crippen molar-refractivity contribution in [1.29, 1.82) is 0 Å². The zero-order chi connectivity index (χ0) is 22.4. The minimum absolute atomic E-state index is 0.0861. The number of carbonyl (C=O) groups excluding carboxylic acids is 2. The molecule has 0 saturated carbocycles. The Balaban J connectivity index is 1.56. The monoisotopic (exact) mass is 453 g/mol. The standard InChI is InChI=1S/C25H15ClF3NO2/c26-24-17-10-3-1-8-15(17)19(16-9-2-4-11-18(16)24)20-21(24)23(32)30(22(20)31)14-7-5-6-13(12-14)25(27,28)29/h1-12,19-21H/t19?,20-,21+,24?/m1/s1. The van der Waals surface area contributed by atoms with E-state index in [-0.39, 0.29) is 11.6 Å². The van der Waals surface area contributed by atoms with Crippen LogP contribution in [0, 0.1) is 11.8 Å². The molecule has 1 fully saturated rings. The minimum Gasteiger partial charge on any atom is -0.274 e. The average Bonchev–Trinajstić information content (AvgIpc) is 3.05. The third-order valence-corrected chi connectivity index (χ3v) is 7.59. The van der Waals surface area contributed by atoms with E-state index in [2.05, 4.69) is 0 Å².